The second-order valence-corrected chi connectivity index (χ2v) is 8.23. The zero-order valence-electron chi connectivity index (χ0n) is 13.4. The number of ether oxygens (including phenoxy) is 1. The van der Waals surface area contributed by atoms with Crippen LogP contribution in [0.2, 0.25) is 0 Å². The van der Waals surface area contributed by atoms with Crippen molar-refractivity contribution >= 4 is 21.4 Å². The van der Waals surface area contributed by atoms with Crippen LogP contribution < -0.4 is 9.46 Å². The van der Waals surface area contributed by atoms with Crippen LogP contribution in [0.15, 0.2) is 76.3 Å². The smallest absolute Gasteiger partial charge is 0.387 e. The maximum absolute atomic E-state index is 12.6. The highest BCUT2D eigenvalue weighted by atomic mass is 32.2. The van der Waals surface area contributed by atoms with Gasteiger partial charge < -0.3 is 4.74 Å². The molecule has 3 aromatic rings. The predicted molar refractivity (Wildman–Crippen MR) is 96.0 cm³/mol. The Labute approximate surface area is 154 Å². The summed E-state index contributed by atoms with van der Waals surface area (Å²) in [5, 5.41) is 1.68. The quantitative estimate of drug-likeness (QED) is 0.644. The van der Waals surface area contributed by atoms with Crippen molar-refractivity contribution < 1.29 is 21.9 Å². The Morgan fingerprint density at radius 2 is 1.54 bits per heavy atom. The predicted octanol–water partition coefficient (Wildman–Crippen LogP) is 4.42. The van der Waals surface area contributed by atoms with Crippen LogP contribution in [0, 0.1) is 0 Å². The van der Waals surface area contributed by atoms with Crippen LogP contribution in [0.3, 0.4) is 0 Å². The van der Waals surface area contributed by atoms with Crippen LogP contribution in [0.4, 0.5) is 8.78 Å². The summed E-state index contributed by atoms with van der Waals surface area (Å²) in [7, 11) is -3.72. The lowest BCUT2D eigenvalue weighted by molar-refractivity contribution is -0.0498. The molecule has 0 fully saturated rings. The number of nitrogens with one attached hydrogen (secondary N) is 1. The van der Waals surface area contributed by atoms with E-state index >= 15 is 0 Å². The molecular weight excluding hydrogens is 380 g/mol. The lowest BCUT2D eigenvalue weighted by atomic mass is 10.00. The third kappa shape index (κ3) is 4.46. The minimum atomic E-state index is -3.72. The van der Waals surface area contributed by atoms with Crippen molar-refractivity contribution in [2.45, 2.75) is 16.9 Å². The summed E-state index contributed by atoms with van der Waals surface area (Å²) >= 11 is 1.12. The number of thiophene rings is 1. The molecule has 0 unspecified atom stereocenters. The monoisotopic (exact) mass is 395 g/mol. The molecule has 1 aromatic heterocycles. The number of benzene rings is 2. The molecule has 1 atom stereocenters. The molecule has 1 heterocycles. The zero-order chi connectivity index (χ0) is 18.6. The Hall–Kier alpha value is -2.29. The molecule has 0 spiro atoms. The molecule has 3 rings (SSSR count). The fraction of sp³-hybridized carbons (Fsp3) is 0.111. The molecule has 0 aliphatic heterocycles. The molecule has 0 saturated heterocycles. The lowest BCUT2D eigenvalue weighted by Crippen LogP contribution is -2.29. The molecular formula is C18H15F2NO3S2. The van der Waals surface area contributed by atoms with Crippen LogP contribution >= 0.6 is 11.3 Å². The summed E-state index contributed by atoms with van der Waals surface area (Å²) in [4.78, 5) is 0. The van der Waals surface area contributed by atoms with E-state index in [1.807, 2.05) is 6.07 Å². The molecule has 8 heteroatoms. The Bertz CT molecular complexity index is 928. The first kappa shape index (κ1) is 18.5. The number of hydrogen-bond acceptors (Lipinski definition) is 4. The summed E-state index contributed by atoms with van der Waals surface area (Å²) in [5.74, 6) is 0.0108. The minimum absolute atomic E-state index is 0.0108. The molecule has 0 radical (unpaired) electrons. The van der Waals surface area contributed by atoms with Gasteiger partial charge >= 0.3 is 6.61 Å². The zero-order valence-corrected chi connectivity index (χ0v) is 15.0. The highest BCUT2D eigenvalue weighted by Gasteiger charge is 2.23. The largest absolute Gasteiger partial charge is 0.435 e. The third-order valence-electron chi connectivity index (χ3n) is 3.60. The van der Waals surface area contributed by atoms with E-state index in [0.717, 1.165) is 16.9 Å². The van der Waals surface area contributed by atoms with Crippen molar-refractivity contribution in [2.75, 3.05) is 0 Å². The molecule has 0 saturated carbocycles. The Morgan fingerprint density at radius 1 is 0.885 bits per heavy atom. The van der Waals surface area contributed by atoms with Gasteiger partial charge in [0.2, 0.25) is 0 Å². The number of halogens is 2. The van der Waals surface area contributed by atoms with E-state index in [0.29, 0.717) is 5.56 Å². The highest BCUT2D eigenvalue weighted by Crippen LogP contribution is 2.27. The normalized spacial score (nSPS) is 12.9. The molecule has 1 N–H and O–H groups in total. The van der Waals surface area contributed by atoms with Gasteiger partial charge in [0.25, 0.3) is 10.0 Å². The maximum Gasteiger partial charge on any atom is 0.387 e. The van der Waals surface area contributed by atoms with Gasteiger partial charge in [-0.25, -0.2) is 8.42 Å². The van der Waals surface area contributed by atoms with Crippen LogP contribution in [0.5, 0.6) is 5.75 Å². The first-order valence-electron chi connectivity index (χ1n) is 7.61. The van der Waals surface area contributed by atoms with E-state index in [-0.39, 0.29) is 9.96 Å². The van der Waals surface area contributed by atoms with E-state index in [2.05, 4.69) is 9.46 Å². The average molecular weight is 395 g/mol. The van der Waals surface area contributed by atoms with Crippen molar-refractivity contribution in [2.24, 2.45) is 0 Å². The second-order valence-electron chi connectivity index (χ2n) is 5.34. The molecule has 0 aliphatic carbocycles. The van der Waals surface area contributed by atoms with Crippen LogP contribution in [-0.4, -0.2) is 15.0 Å². The van der Waals surface area contributed by atoms with E-state index in [4.69, 9.17) is 0 Å². The summed E-state index contributed by atoms with van der Waals surface area (Å²) in [5.41, 5.74) is 1.34. The van der Waals surface area contributed by atoms with E-state index in [9.17, 15) is 17.2 Å². The Balaban J connectivity index is 1.94. The first-order valence-corrected chi connectivity index (χ1v) is 9.97. The van der Waals surface area contributed by atoms with Crippen molar-refractivity contribution in [1.82, 2.24) is 4.72 Å². The molecule has 4 nitrogen and oxygen atoms in total. The molecule has 0 amide bonds. The SMILES string of the molecule is O=S(=O)(N[C@@H](c1ccccc1)c1ccc(OC(F)F)cc1)c1cccs1. The van der Waals surface area contributed by atoms with Crippen molar-refractivity contribution in [3.05, 3.63) is 83.2 Å². The lowest BCUT2D eigenvalue weighted by Gasteiger charge is -2.20. The van der Waals surface area contributed by atoms with Gasteiger partial charge in [0.05, 0.1) is 6.04 Å². The summed E-state index contributed by atoms with van der Waals surface area (Å²) in [6.07, 6.45) is 0. The van der Waals surface area contributed by atoms with E-state index < -0.39 is 22.7 Å². The number of sulfonamides is 1. The van der Waals surface area contributed by atoms with Crippen LogP contribution in [0.25, 0.3) is 0 Å². The van der Waals surface area contributed by atoms with Crippen LogP contribution in [0.1, 0.15) is 17.2 Å². The first-order chi connectivity index (χ1) is 12.5. The molecule has 0 aliphatic rings. The van der Waals surface area contributed by atoms with Gasteiger partial charge in [-0.15, -0.1) is 11.3 Å². The van der Waals surface area contributed by atoms with Gasteiger partial charge in [0.1, 0.15) is 9.96 Å². The maximum atomic E-state index is 12.6. The molecule has 136 valence electrons. The van der Waals surface area contributed by atoms with Gasteiger partial charge in [0.15, 0.2) is 0 Å². The average Bonchev–Trinajstić information content (AvgIpc) is 3.17. The van der Waals surface area contributed by atoms with Crippen molar-refractivity contribution in [3.8, 4) is 5.75 Å². The summed E-state index contributed by atoms with van der Waals surface area (Å²) in [6.45, 7) is -2.91. The topological polar surface area (TPSA) is 55.4 Å². The fourth-order valence-electron chi connectivity index (χ4n) is 2.45. The third-order valence-corrected chi connectivity index (χ3v) is 6.42. The van der Waals surface area contributed by atoms with Crippen LogP contribution in [-0.2, 0) is 10.0 Å². The Morgan fingerprint density at radius 3 is 2.12 bits per heavy atom. The molecule has 2 aromatic carbocycles. The summed E-state index contributed by atoms with van der Waals surface area (Å²) < 4.78 is 57.1. The standard InChI is InChI=1S/C18H15F2NO3S2/c19-18(20)24-15-10-8-14(9-11-15)17(13-5-2-1-3-6-13)21-26(22,23)16-7-4-12-25-16/h1-12,17-18,21H/t17-/m0/s1. The Kier molecular flexibility index (Phi) is 5.65. The minimum Gasteiger partial charge on any atom is -0.435 e. The second kappa shape index (κ2) is 7.94. The van der Waals surface area contributed by atoms with Gasteiger partial charge in [-0.2, -0.15) is 13.5 Å². The van der Waals surface area contributed by atoms with E-state index in [1.54, 1.807) is 47.8 Å². The molecule has 0 bridgehead atoms. The van der Waals surface area contributed by atoms with Gasteiger partial charge in [-0.1, -0.05) is 48.5 Å². The van der Waals surface area contributed by atoms with Crippen molar-refractivity contribution in [3.63, 3.8) is 0 Å². The number of rotatable bonds is 7. The highest BCUT2D eigenvalue weighted by molar-refractivity contribution is 7.91. The van der Waals surface area contributed by atoms with Gasteiger partial charge in [-0.3, -0.25) is 0 Å². The summed E-state index contributed by atoms with van der Waals surface area (Å²) in [6, 6.07) is 17.4. The molecule has 26 heavy (non-hydrogen) atoms. The van der Waals surface area contributed by atoms with Crippen molar-refractivity contribution in [1.29, 1.82) is 0 Å². The van der Waals surface area contributed by atoms with Gasteiger partial charge in [0, 0.05) is 0 Å². The number of hydrogen-bond donors (Lipinski definition) is 1. The van der Waals surface area contributed by atoms with Gasteiger partial charge in [-0.05, 0) is 34.7 Å². The number of alkyl halides is 2. The fourth-order valence-corrected chi connectivity index (χ4v) is 4.67. The van der Waals surface area contributed by atoms with E-state index in [1.165, 1.54) is 18.2 Å².